The minimum Gasteiger partial charge on any atom is -0.492 e. The van der Waals surface area contributed by atoms with Gasteiger partial charge in [0.25, 0.3) is 0 Å². The highest BCUT2D eigenvalue weighted by molar-refractivity contribution is 6.32. The summed E-state index contributed by atoms with van der Waals surface area (Å²) < 4.78 is 5.88. The summed E-state index contributed by atoms with van der Waals surface area (Å²) in [6, 6.07) is 27.3. The predicted molar refractivity (Wildman–Crippen MR) is 123 cm³/mol. The lowest BCUT2D eigenvalue weighted by atomic mass is 9.95. The first-order chi connectivity index (χ1) is 14.8. The Balaban J connectivity index is 1.49. The first-order valence-electron chi connectivity index (χ1n) is 10.6. The zero-order chi connectivity index (χ0) is 20.6. The minimum atomic E-state index is 0.00803. The molecular formula is C27H27NO2. The Morgan fingerprint density at radius 3 is 2.10 bits per heavy atom. The van der Waals surface area contributed by atoms with Crippen LogP contribution in [-0.2, 0) is 0 Å². The number of hydrogen-bond donors (Lipinski definition) is 0. The number of carbonyl (C=O) groups excluding carboxylic acids is 1. The molecule has 30 heavy (non-hydrogen) atoms. The number of ketones is 1. The summed E-state index contributed by atoms with van der Waals surface area (Å²) >= 11 is 0. The largest absolute Gasteiger partial charge is 0.492 e. The molecule has 3 aromatic carbocycles. The number of nitrogens with zero attached hydrogens (tertiary/aromatic N) is 1. The van der Waals surface area contributed by atoms with Gasteiger partial charge in [-0.2, -0.15) is 0 Å². The second-order valence-electron chi connectivity index (χ2n) is 7.59. The molecule has 0 saturated carbocycles. The number of benzene rings is 3. The van der Waals surface area contributed by atoms with Gasteiger partial charge >= 0.3 is 0 Å². The predicted octanol–water partition coefficient (Wildman–Crippen LogP) is 5.58. The monoisotopic (exact) mass is 397 g/mol. The summed E-state index contributed by atoms with van der Waals surface area (Å²) in [5.74, 6) is 0.813. The molecule has 0 aromatic heterocycles. The van der Waals surface area contributed by atoms with Crippen molar-refractivity contribution in [3.63, 3.8) is 0 Å². The average Bonchev–Trinajstić information content (AvgIpc) is 3.32. The highest BCUT2D eigenvalue weighted by Crippen LogP contribution is 2.24. The van der Waals surface area contributed by atoms with E-state index in [0.29, 0.717) is 17.7 Å². The first-order valence-corrected chi connectivity index (χ1v) is 10.6. The lowest BCUT2D eigenvalue weighted by Gasteiger charge is -2.15. The van der Waals surface area contributed by atoms with Gasteiger partial charge in [-0.05, 0) is 67.4 Å². The van der Waals surface area contributed by atoms with Crippen LogP contribution in [0.15, 0.2) is 84.9 Å². The van der Waals surface area contributed by atoms with E-state index in [-0.39, 0.29) is 5.78 Å². The molecule has 0 unspecified atom stereocenters. The molecule has 1 aliphatic heterocycles. The third-order valence-corrected chi connectivity index (χ3v) is 5.43. The molecule has 0 atom stereocenters. The van der Waals surface area contributed by atoms with E-state index in [1.165, 1.54) is 25.9 Å². The third-order valence-electron chi connectivity index (χ3n) is 5.43. The van der Waals surface area contributed by atoms with Gasteiger partial charge in [-0.1, -0.05) is 60.7 Å². The molecule has 1 aliphatic rings. The van der Waals surface area contributed by atoms with Crippen molar-refractivity contribution in [1.82, 2.24) is 4.90 Å². The van der Waals surface area contributed by atoms with Gasteiger partial charge in [-0.15, -0.1) is 0 Å². The zero-order valence-corrected chi connectivity index (χ0v) is 17.2. The molecule has 0 bridgehead atoms. The number of likely N-dealkylation sites (tertiary alicyclic amines) is 1. The van der Waals surface area contributed by atoms with Crippen molar-refractivity contribution >= 4 is 17.4 Å². The summed E-state index contributed by atoms with van der Waals surface area (Å²) in [5, 5.41) is 0. The van der Waals surface area contributed by atoms with Crippen LogP contribution in [0.3, 0.4) is 0 Å². The highest BCUT2D eigenvalue weighted by Gasteiger charge is 2.15. The van der Waals surface area contributed by atoms with E-state index in [1.807, 2.05) is 91.0 Å². The first kappa shape index (κ1) is 20.1. The van der Waals surface area contributed by atoms with Crippen LogP contribution in [0.2, 0.25) is 0 Å². The van der Waals surface area contributed by atoms with E-state index < -0.39 is 0 Å². The van der Waals surface area contributed by atoms with Gasteiger partial charge in [-0.3, -0.25) is 9.69 Å². The quantitative estimate of drug-likeness (QED) is 0.282. The van der Waals surface area contributed by atoms with Gasteiger partial charge in [0, 0.05) is 17.7 Å². The Hall–Kier alpha value is -3.17. The summed E-state index contributed by atoms with van der Waals surface area (Å²) in [5.41, 5.74) is 3.27. The van der Waals surface area contributed by atoms with Crippen LogP contribution in [0.4, 0.5) is 0 Å². The minimum absolute atomic E-state index is 0.00803. The molecule has 3 nitrogen and oxygen atoms in total. The van der Waals surface area contributed by atoms with Crippen LogP contribution < -0.4 is 4.74 Å². The van der Waals surface area contributed by atoms with E-state index in [2.05, 4.69) is 4.90 Å². The number of allylic oxidation sites excluding steroid dienone is 1. The summed E-state index contributed by atoms with van der Waals surface area (Å²) in [4.78, 5) is 15.8. The smallest absolute Gasteiger partial charge is 0.193 e. The second-order valence-corrected chi connectivity index (χ2v) is 7.59. The van der Waals surface area contributed by atoms with Gasteiger partial charge in [0.05, 0.1) is 0 Å². The fraction of sp³-hybridized carbons (Fsp3) is 0.222. The van der Waals surface area contributed by atoms with Gasteiger partial charge in [0.1, 0.15) is 12.4 Å². The maximum absolute atomic E-state index is 13.3. The molecule has 3 aromatic rings. The van der Waals surface area contributed by atoms with Crippen LogP contribution in [0, 0.1) is 0 Å². The van der Waals surface area contributed by atoms with Crippen LogP contribution >= 0.6 is 0 Å². The normalized spacial score (nSPS) is 14.6. The average molecular weight is 398 g/mol. The number of ether oxygens (including phenoxy) is 1. The topological polar surface area (TPSA) is 29.5 Å². The lowest BCUT2D eigenvalue weighted by molar-refractivity contribution is 0.105. The van der Waals surface area contributed by atoms with E-state index in [1.54, 1.807) is 0 Å². The van der Waals surface area contributed by atoms with E-state index in [4.69, 9.17) is 4.74 Å². The Morgan fingerprint density at radius 2 is 1.43 bits per heavy atom. The standard InChI is InChI=1S/C27H27NO2/c29-27(24-13-15-25(16-14-24)30-20-19-28-17-7-8-18-28)26(23-11-5-2-6-12-23)21-22-9-3-1-4-10-22/h1-6,9-16,21H,7-8,17-20H2/b26-21+. The van der Waals surface area contributed by atoms with Gasteiger partial charge in [-0.25, -0.2) is 0 Å². The molecule has 0 amide bonds. The molecule has 4 rings (SSSR count). The fourth-order valence-corrected chi connectivity index (χ4v) is 3.77. The van der Waals surface area contributed by atoms with Crippen LogP contribution in [0.25, 0.3) is 11.6 Å². The molecule has 1 heterocycles. The van der Waals surface area contributed by atoms with Crippen molar-refractivity contribution in [3.8, 4) is 5.75 Å². The molecule has 1 saturated heterocycles. The summed E-state index contributed by atoms with van der Waals surface area (Å²) in [7, 11) is 0. The molecular weight excluding hydrogens is 370 g/mol. The summed E-state index contributed by atoms with van der Waals surface area (Å²) in [6.07, 6.45) is 4.53. The fourth-order valence-electron chi connectivity index (χ4n) is 3.77. The maximum atomic E-state index is 13.3. The van der Waals surface area contributed by atoms with Gasteiger partial charge < -0.3 is 4.74 Å². The van der Waals surface area contributed by atoms with Crippen LogP contribution in [0.1, 0.15) is 34.3 Å². The van der Waals surface area contributed by atoms with Gasteiger partial charge in [0.2, 0.25) is 0 Å². The van der Waals surface area contributed by atoms with Crippen LogP contribution in [0.5, 0.6) is 5.75 Å². The second kappa shape index (κ2) is 10.0. The van der Waals surface area contributed by atoms with Crippen molar-refractivity contribution < 1.29 is 9.53 Å². The van der Waals surface area contributed by atoms with Crippen molar-refractivity contribution in [2.75, 3.05) is 26.2 Å². The van der Waals surface area contributed by atoms with Crippen molar-refractivity contribution in [3.05, 3.63) is 102 Å². The number of carbonyl (C=O) groups is 1. The van der Waals surface area contributed by atoms with Crippen molar-refractivity contribution in [2.24, 2.45) is 0 Å². The SMILES string of the molecule is O=C(/C(=C/c1ccccc1)c1ccccc1)c1ccc(OCCN2CCCC2)cc1. The number of rotatable bonds is 8. The molecule has 152 valence electrons. The van der Waals surface area contributed by atoms with Crippen LogP contribution in [-0.4, -0.2) is 36.9 Å². The van der Waals surface area contributed by atoms with E-state index in [0.717, 1.165) is 23.4 Å². The molecule has 0 radical (unpaired) electrons. The Morgan fingerprint density at radius 1 is 0.800 bits per heavy atom. The molecule has 0 spiro atoms. The summed E-state index contributed by atoms with van der Waals surface area (Å²) in [6.45, 7) is 3.98. The molecule has 0 aliphatic carbocycles. The van der Waals surface area contributed by atoms with E-state index >= 15 is 0 Å². The number of hydrogen-bond acceptors (Lipinski definition) is 3. The highest BCUT2D eigenvalue weighted by atomic mass is 16.5. The van der Waals surface area contributed by atoms with Crippen molar-refractivity contribution in [1.29, 1.82) is 0 Å². The van der Waals surface area contributed by atoms with Gasteiger partial charge in [0.15, 0.2) is 5.78 Å². The molecule has 3 heteroatoms. The van der Waals surface area contributed by atoms with Crippen molar-refractivity contribution in [2.45, 2.75) is 12.8 Å². The Kier molecular flexibility index (Phi) is 6.73. The molecule has 1 fully saturated rings. The Labute approximate surface area is 178 Å². The zero-order valence-electron chi connectivity index (χ0n) is 17.2. The lowest BCUT2D eigenvalue weighted by Crippen LogP contribution is -2.25. The maximum Gasteiger partial charge on any atom is 0.193 e. The Bertz CT molecular complexity index is 972. The third kappa shape index (κ3) is 5.25. The molecule has 0 N–H and O–H groups in total. The number of Topliss-reactive ketones (excluding diaryl/α,β-unsaturated/α-hetero) is 1. The van der Waals surface area contributed by atoms with E-state index in [9.17, 15) is 4.79 Å².